The second-order valence-corrected chi connectivity index (χ2v) is 3.47. The van der Waals surface area contributed by atoms with Gasteiger partial charge in [-0.1, -0.05) is 60.7 Å². The average molecular weight is 209 g/mol. The second kappa shape index (κ2) is 6.65. The third-order valence-electron chi connectivity index (χ3n) is 2.39. The van der Waals surface area contributed by atoms with E-state index in [9.17, 15) is 0 Å². The van der Waals surface area contributed by atoms with Crippen LogP contribution in [0.2, 0.25) is 0 Å². The van der Waals surface area contributed by atoms with E-state index < -0.39 is 0 Å². The number of hydrogen-bond acceptors (Lipinski definition) is 0. The Labute approximate surface area is 110 Å². The molecule has 0 saturated carbocycles. The van der Waals surface area contributed by atoms with Crippen LogP contribution in [0.1, 0.15) is 14.0 Å². The minimum Gasteiger partial charge on any atom is -1.00 e. The number of aryl methyl sites for hydroxylation is 2. The van der Waals surface area contributed by atoms with E-state index in [1.165, 1.54) is 11.1 Å². The van der Waals surface area contributed by atoms with Gasteiger partial charge >= 0.3 is 23.1 Å². The largest absolute Gasteiger partial charge is 2.00 e. The van der Waals surface area contributed by atoms with Crippen molar-refractivity contribution in [1.82, 2.24) is 0 Å². The predicted octanol–water partition coefficient (Wildman–Crippen LogP) is 3.32. The zero-order valence-electron chi connectivity index (χ0n) is 10.9. The summed E-state index contributed by atoms with van der Waals surface area (Å²) >= 11 is 0. The van der Waals surface area contributed by atoms with Gasteiger partial charge < -0.3 is 2.85 Å². The molecule has 2 aromatic rings. The van der Waals surface area contributed by atoms with Crippen LogP contribution < -0.4 is 0 Å². The summed E-state index contributed by atoms with van der Waals surface area (Å²) in [6.45, 7) is 0. The van der Waals surface area contributed by atoms with Crippen molar-refractivity contribution in [2.75, 3.05) is 0 Å². The summed E-state index contributed by atoms with van der Waals surface area (Å²) in [5.41, 5.74) is 2.83. The molecule has 0 radical (unpaired) electrons. The van der Waals surface area contributed by atoms with Crippen LogP contribution in [0.5, 0.6) is 0 Å². The van der Waals surface area contributed by atoms with Crippen LogP contribution in [0.15, 0.2) is 60.7 Å². The molecule has 0 aliphatic heterocycles. The van der Waals surface area contributed by atoms with Crippen LogP contribution in [-0.4, -0.2) is 23.1 Å². The SMILES string of the molecule is [H-].[H-].[Mg+2].c1ccc(CCc2ccccc2)cc1. The van der Waals surface area contributed by atoms with Gasteiger partial charge in [0.15, 0.2) is 0 Å². The summed E-state index contributed by atoms with van der Waals surface area (Å²) in [5.74, 6) is 0. The van der Waals surface area contributed by atoms with E-state index in [0.29, 0.717) is 0 Å². The Balaban J connectivity index is 0. The Morgan fingerprint density at radius 1 is 0.600 bits per heavy atom. The average Bonchev–Trinajstić information content (AvgIpc) is 2.29. The predicted molar refractivity (Wildman–Crippen MR) is 68.3 cm³/mol. The van der Waals surface area contributed by atoms with E-state index in [2.05, 4.69) is 60.7 Å². The molecule has 1 heteroatoms. The zero-order chi connectivity index (χ0) is 9.64. The molecule has 0 fully saturated rings. The standard InChI is InChI=1S/C14H14.Mg.2H/c1-3-7-13(8-4-1)11-12-14-9-5-2-6-10-14;;;/h1-10H,11-12H2;;;/q;+2;2*-1. The maximum atomic E-state index is 2.18. The fourth-order valence-electron chi connectivity index (χ4n) is 1.58. The molecule has 0 N–H and O–H groups in total. The van der Waals surface area contributed by atoms with Crippen molar-refractivity contribution in [2.24, 2.45) is 0 Å². The molecule has 2 aromatic carbocycles. The first-order valence-electron chi connectivity index (χ1n) is 5.03. The summed E-state index contributed by atoms with van der Waals surface area (Å²) in [5, 5.41) is 0. The van der Waals surface area contributed by atoms with Crippen LogP contribution in [0.25, 0.3) is 0 Å². The summed E-state index contributed by atoms with van der Waals surface area (Å²) in [6, 6.07) is 21.2. The maximum Gasteiger partial charge on any atom is 2.00 e. The molecule has 0 heterocycles. The van der Waals surface area contributed by atoms with Gasteiger partial charge in [0.1, 0.15) is 0 Å². The molecule has 2 rings (SSSR count). The van der Waals surface area contributed by atoms with Crippen LogP contribution in [-0.2, 0) is 12.8 Å². The quantitative estimate of drug-likeness (QED) is 0.679. The second-order valence-electron chi connectivity index (χ2n) is 3.47. The van der Waals surface area contributed by atoms with Crippen LogP contribution in [0.4, 0.5) is 0 Å². The minimum absolute atomic E-state index is 0. The van der Waals surface area contributed by atoms with Crippen molar-refractivity contribution in [3.05, 3.63) is 71.8 Å². The Morgan fingerprint density at radius 3 is 1.27 bits per heavy atom. The third kappa shape index (κ3) is 4.06. The molecular formula is C14H16Mg. The molecule has 0 aliphatic carbocycles. The van der Waals surface area contributed by atoms with Gasteiger partial charge in [-0.15, -0.1) is 0 Å². The van der Waals surface area contributed by atoms with Gasteiger partial charge in [0.25, 0.3) is 0 Å². The van der Waals surface area contributed by atoms with Gasteiger partial charge in [0, 0.05) is 0 Å². The molecule has 0 unspecified atom stereocenters. The number of benzene rings is 2. The van der Waals surface area contributed by atoms with Gasteiger partial charge in [-0.05, 0) is 24.0 Å². The van der Waals surface area contributed by atoms with Crippen molar-refractivity contribution in [1.29, 1.82) is 0 Å². The Hall–Kier alpha value is -0.794. The fraction of sp³-hybridized carbons (Fsp3) is 0.143. The normalized spacial score (nSPS) is 9.33. The van der Waals surface area contributed by atoms with E-state index in [1.54, 1.807) is 0 Å². The van der Waals surface area contributed by atoms with Gasteiger partial charge in [-0.2, -0.15) is 0 Å². The maximum absolute atomic E-state index is 2.18. The van der Waals surface area contributed by atoms with Gasteiger partial charge in [0.2, 0.25) is 0 Å². The monoisotopic (exact) mass is 208 g/mol. The first-order chi connectivity index (χ1) is 6.95. The van der Waals surface area contributed by atoms with Gasteiger partial charge in [0.05, 0.1) is 0 Å². The van der Waals surface area contributed by atoms with Gasteiger partial charge in [-0.3, -0.25) is 0 Å². The van der Waals surface area contributed by atoms with E-state index in [4.69, 9.17) is 0 Å². The Bertz CT molecular complexity index is 336. The van der Waals surface area contributed by atoms with E-state index in [1.807, 2.05) is 0 Å². The molecule has 0 aliphatic rings. The Morgan fingerprint density at radius 2 is 0.933 bits per heavy atom. The molecule has 0 aromatic heterocycles. The van der Waals surface area contributed by atoms with Crippen LogP contribution >= 0.6 is 0 Å². The number of rotatable bonds is 3. The topological polar surface area (TPSA) is 0 Å². The van der Waals surface area contributed by atoms with Crippen molar-refractivity contribution < 1.29 is 2.85 Å². The molecule has 74 valence electrons. The molecule has 0 saturated heterocycles. The van der Waals surface area contributed by atoms with Crippen molar-refractivity contribution in [3.63, 3.8) is 0 Å². The molecule has 0 nitrogen and oxygen atoms in total. The Kier molecular flexibility index (Phi) is 5.44. The molecule has 0 spiro atoms. The van der Waals surface area contributed by atoms with E-state index in [-0.39, 0.29) is 25.9 Å². The van der Waals surface area contributed by atoms with Gasteiger partial charge in [-0.25, -0.2) is 0 Å². The summed E-state index contributed by atoms with van der Waals surface area (Å²) in [6.07, 6.45) is 2.26. The number of hydrogen-bond donors (Lipinski definition) is 0. The summed E-state index contributed by atoms with van der Waals surface area (Å²) in [4.78, 5) is 0. The van der Waals surface area contributed by atoms with E-state index >= 15 is 0 Å². The first-order valence-corrected chi connectivity index (χ1v) is 5.03. The van der Waals surface area contributed by atoms with Crippen LogP contribution in [0.3, 0.4) is 0 Å². The third-order valence-corrected chi connectivity index (χ3v) is 2.39. The summed E-state index contributed by atoms with van der Waals surface area (Å²) in [7, 11) is 0. The fourth-order valence-corrected chi connectivity index (χ4v) is 1.58. The zero-order valence-corrected chi connectivity index (χ0v) is 10.3. The minimum atomic E-state index is 0. The van der Waals surface area contributed by atoms with Crippen molar-refractivity contribution in [2.45, 2.75) is 12.8 Å². The summed E-state index contributed by atoms with van der Waals surface area (Å²) < 4.78 is 0. The van der Waals surface area contributed by atoms with E-state index in [0.717, 1.165) is 12.8 Å². The van der Waals surface area contributed by atoms with Crippen LogP contribution in [0, 0.1) is 0 Å². The molecular weight excluding hydrogens is 192 g/mol. The molecule has 0 atom stereocenters. The smallest absolute Gasteiger partial charge is 1.00 e. The molecule has 15 heavy (non-hydrogen) atoms. The molecule has 0 bridgehead atoms. The molecule has 0 amide bonds. The van der Waals surface area contributed by atoms with Crippen molar-refractivity contribution in [3.8, 4) is 0 Å². The first kappa shape index (κ1) is 12.3. The van der Waals surface area contributed by atoms with Crippen molar-refractivity contribution >= 4 is 23.1 Å².